The molecule has 6 nitrogen and oxygen atoms in total. The van der Waals surface area contributed by atoms with Crippen molar-refractivity contribution in [3.63, 3.8) is 0 Å². The van der Waals surface area contributed by atoms with E-state index in [0.29, 0.717) is 28.9 Å². The molecule has 2 aliphatic heterocycles. The van der Waals surface area contributed by atoms with Crippen LogP contribution in [0.3, 0.4) is 0 Å². The number of hydrogen-bond acceptors (Lipinski definition) is 5. The Kier molecular flexibility index (Phi) is 7.71. The zero-order chi connectivity index (χ0) is 24.2. The number of carbonyl (C=O) groups is 1. The summed E-state index contributed by atoms with van der Waals surface area (Å²) in [6.45, 7) is 4.15. The van der Waals surface area contributed by atoms with E-state index in [1.807, 2.05) is 4.90 Å². The van der Waals surface area contributed by atoms with Crippen LogP contribution in [0.25, 0.3) is 0 Å². The highest BCUT2D eigenvalue weighted by Gasteiger charge is 2.43. The van der Waals surface area contributed by atoms with Gasteiger partial charge < -0.3 is 14.5 Å². The first kappa shape index (κ1) is 24.3. The Hall–Kier alpha value is -2.41. The summed E-state index contributed by atoms with van der Waals surface area (Å²) in [5, 5.41) is 0.563. The number of anilines is 1. The third-order valence-corrected chi connectivity index (χ3v) is 8.04. The summed E-state index contributed by atoms with van der Waals surface area (Å²) in [6.07, 6.45) is 11.3. The van der Waals surface area contributed by atoms with Gasteiger partial charge in [0, 0.05) is 32.2 Å². The monoisotopic (exact) mass is 500 g/mol. The number of carbonyl (C=O) groups excluding carboxylic acids is 1. The predicted molar refractivity (Wildman–Crippen MR) is 134 cm³/mol. The van der Waals surface area contributed by atoms with Crippen molar-refractivity contribution in [1.82, 2.24) is 14.9 Å². The van der Waals surface area contributed by atoms with Crippen molar-refractivity contribution >= 4 is 23.5 Å². The van der Waals surface area contributed by atoms with Crippen LogP contribution in [-0.4, -0.2) is 53.6 Å². The van der Waals surface area contributed by atoms with Crippen LogP contribution >= 0.6 is 11.6 Å². The number of aromatic nitrogens is 2. The minimum Gasteiger partial charge on any atom is -0.493 e. The van der Waals surface area contributed by atoms with Crippen LogP contribution in [0.4, 0.5) is 10.3 Å². The van der Waals surface area contributed by atoms with Gasteiger partial charge in [0.05, 0.1) is 30.4 Å². The lowest BCUT2D eigenvalue weighted by atomic mass is 9.90. The summed E-state index contributed by atoms with van der Waals surface area (Å²) in [6, 6.07) is 4.92. The fraction of sp³-hybridized carbons (Fsp3) is 0.593. The third-order valence-electron chi connectivity index (χ3n) is 7.84. The van der Waals surface area contributed by atoms with E-state index in [1.54, 1.807) is 24.5 Å². The van der Waals surface area contributed by atoms with Gasteiger partial charge in [-0.1, -0.05) is 17.7 Å². The van der Waals surface area contributed by atoms with Crippen LogP contribution in [0.1, 0.15) is 50.5 Å². The molecule has 1 saturated carbocycles. The second kappa shape index (κ2) is 11.1. The molecule has 1 aromatic heterocycles. The standard InChI is InChI=1S/C27H34ClFN4O2/c28-22-17-30-27(31-18-22)33-11-6-19(7-12-33)24-14-20(24)8-13-35-23-5-4-21(25(29)16-23)15-26(34)32-9-2-1-3-10-32/h4-5,16-20,24H,1-3,6-15H2. The SMILES string of the molecule is O=C(Cc1ccc(OCCC2CC2C2CCN(c3ncc(Cl)cn3)CC2)cc1F)N1CCCCC1. The lowest BCUT2D eigenvalue weighted by molar-refractivity contribution is -0.131. The molecule has 5 rings (SSSR count). The Morgan fingerprint density at radius 1 is 1.09 bits per heavy atom. The summed E-state index contributed by atoms with van der Waals surface area (Å²) in [7, 11) is 0. The Morgan fingerprint density at radius 3 is 2.54 bits per heavy atom. The maximum atomic E-state index is 14.6. The van der Waals surface area contributed by atoms with Crippen LogP contribution in [0, 0.1) is 23.6 Å². The van der Waals surface area contributed by atoms with Crippen LogP contribution in [-0.2, 0) is 11.2 Å². The molecule has 0 radical (unpaired) electrons. The van der Waals surface area contributed by atoms with E-state index in [9.17, 15) is 9.18 Å². The molecular formula is C27H34ClFN4O2. The minimum absolute atomic E-state index is 0.0172. The molecule has 1 aliphatic carbocycles. The molecule has 35 heavy (non-hydrogen) atoms. The van der Waals surface area contributed by atoms with Crippen molar-refractivity contribution in [2.75, 3.05) is 37.7 Å². The number of nitrogens with zero attached hydrogens (tertiary/aromatic N) is 4. The molecule has 188 valence electrons. The Balaban J connectivity index is 1.02. The molecule has 0 bridgehead atoms. The van der Waals surface area contributed by atoms with Crippen molar-refractivity contribution in [3.8, 4) is 5.75 Å². The van der Waals surface area contributed by atoms with Gasteiger partial charge in [-0.3, -0.25) is 4.79 Å². The van der Waals surface area contributed by atoms with Gasteiger partial charge >= 0.3 is 0 Å². The fourth-order valence-corrected chi connectivity index (χ4v) is 5.78. The first-order valence-corrected chi connectivity index (χ1v) is 13.4. The van der Waals surface area contributed by atoms with Gasteiger partial charge in [-0.15, -0.1) is 0 Å². The van der Waals surface area contributed by atoms with E-state index in [2.05, 4.69) is 14.9 Å². The molecule has 2 saturated heterocycles. The summed E-state index contributed by atoms with van der Waals surface area (Å²) in [5.41, 5.74) is 0.450. The number of likely N-dealkylation sites (tertiary alicyclic amines) is 1. The molecule has 8 heteroatoms. The van der Waals surface area contributed by atoms with Gasteiger partial charge in [0.25, 0.3) is 0 Å². The average molecular weight is 501 g/mol. The average Bonchev–Trinajstić information content (AvgIpc) is 3.66. The van der Waals surface area contributed by atoms with Gasteiger partial charge in [0.2, 0.25) is 11.9 Å². The van der Waals surface area contributed by atoms with Crippen LogP contribution in [0.15, 0.2) is 30.6 Å². The van der Waals surface area contributed by atoms with E-state index < -0.39 is 0 Å². The van der Waals surface area contributed by atoms with Crippen LogP contribution < -0.4 is 9.64 Å². The first-order chi connectivity index (χ1) is 17.1. The Morgan fingerprint density at radius 2 is 1.83 bits per heavy atom. The largest absolute Gasteiger partial charge is 0.493 e. The second-order valence-electron chi connectivity index (χ2n) is 10.2. The highest BCUT2D eigenvalue weighted by Crippen LogP contribution is 2.49. The van der Waals surface area contributed by atoms with E-state index in [4.69, 9.17) is 16.3 Å². The zero-order valence-electron chi connectivity index (χ0n) is 20.2. The number of ether oxygens (including phenoxy) is 1. The number of amides is 1. The molecule has 3 aliphatic rings. The molecule has 1 amide bonds. The quantitative estimate of drug-likeness (QED) is 0.502. The normalized spacial score (nSPS) is 22.8. The summed E-state index contributed by atoms with van der Waals surface area (Å²) in [4.78, 5) is 25.2. The molecule has 2 unspecified atom stereocenters. The van der Waals surface area contributed by atoms with Gasteiger partial charge in [-0.25, -0.2) is 14.4 Å². The topological polar surface area (TPSA) is 58.6 Å². The summed E-state index contributed by atoms with van der Waals surface area (Å²) in [5.74, 6) is 3.19. The number of halogens is 2. The van der Waals surface area contributed by atoms with E-state index >= 15 is 0 Å². The van der Waals surface area contributed by atoms with Crippen molar-refractivity contribution in [3.05, 3.63) is 47.0 Å². The molecule has 0 spiro atoms. The number of benzene rings is 1. The van der Waals surface area contributed by atoms with Crippen molar-refractivity contribution in [2.45, 2.75) is 51.4 Å². The van der Waals surface area contributed by atoms with E-state index in [1.165, 1.54) is 18.9 Å². The maximum Gasteiger partial charge on any atom is 0.227 e. The molecule has 1 aromatic carbocycles. The molecular weight excluding hydrogens is 467 g/mol. The molecule has 3 fully saturated rings. The van der Waals surface area contributed by atoms with Gasteiger partial charge in [0.15, 0.2) is 0 Å². The lowest BCUT2D eigenvalue weighted by Crippen LogP contribution is -2.36. The zero-order valence-corrected chi connectivity index (χ0v) is 20.9. The van der Waals surface area contributed by atoms with Crippen molar-refractivity contribution < 1.29 is 13.9 Å². The lowest BCUT2D eigenvalue weighted by Gasteiger charge is -2.32. The van der Waals surface area contributed by atoms with Gasteiger partial charge in [0.1, 0.15) is 11.6 Å². The second-order valence-corrected chi connectivity index (χ2v) is 10.6. The van der Waals surface area contributed by atoms with Crippen molar-refractivity contribution in [2.24, 2.45) is 17.8 Å². The summed E-state index contributed by atoms with van der Waals surface area (Å²) < 4.78 is 20.4. The number of rotatable bonds is 8. The molecule has 2 aromatic rings. The van der Waals surface area contributed by atoms with E-state index in [0.717, 1.165) is 76.1 Å². The number of hydrogen-bond donors (Lipinski definition) is 0. The minimum atomic E-state index is -0.353. The highest BCUT2D eigenvalue weighted by atomic mass is 35.5. The highest BCUT2D eigenvalue weighted by molar-refractivity contribution is 6.30. The third kappa shape index (κ3) is 6.24. The van der Waals surface area contributed by atoms with Crippen LogP contribution in [0.5, 0.6) is 5.75 Å². The van der Waals surface area contributed by atoms with E-state index in [-0.39, 0.29) is 18.1 Å². The van der Waals surface area contributed by atoms with Gasteiger partial charge in [-0.2, -0.15) is 0 Å². The summed E-state index contributed by atoms with van der Waals surface area (Å²) >= 11 is 5.89. The molecule has 2 atom stereocenters. The predicted octanol–water partition coefficient (Wildman–Crippen LogP) is 5.15. The Bertz CT molecular complexity index is 1010. The van der Waals surface area contributed by atoms with Gasteiger partial charge in [-0.05, 0) is 74.3 Å². The fourth-order valence-electron chi connectivity index (χ4n) is 5.68. The number of piperidine rings is 2. The molecule has 3 heterocycles. The molecule has 0 N–H and O–H groups in total. The van der Waals surface area contributed by atoms with Crippen molar-refractivity contribution in [1.29, 1.82) is 0 Å². The maximum absolute atomic E-state index is 14.6. The Labute approximate surface area is 211 Å². The first-order valence-electron chi connectivity index (χ1n) is 13.0. The van der Waals surface area contributed by atoms with Crippen LogP contribution in [0.2, 0.25) is 5.02 Å². The smallest absolute Gasteiger partial charge is 0.227 e.